The van der Waals surface area contributed by atoms with Gasteiger partial charge in [0, 0.05) is 11.1 Å². The molecule has 2 aromatic carbocycles. The van der Waals surface area contributed by atoms with E-state index in [9.17, 15) is 14.4 Å². The molecule has 6 nitrogen and oxygen atoms in total. The van der Waals surface area contributed by atoms with Gasteiger partial charge in [-0.2, -0.15) is 0 Å². The first-order valence-electron chi connectivity index (χ1n) is 9.73. The van der Waals surface area contributed by atoms with Crippen LogP contribution in [0.15, 0.2) is 66.7 Å². The summed E-state index contributed by atoms with van der Waals surface area (Å²) >= 11 is 0. The summed E-state index contributed by atoms with van der Waals surface area (Å²) in [5, 5.41) is 2.68. The van der Waals surface area contributed by atoms with Crippen molar-refractivity contribution in [2.24, 2.45) is 0 Å². The Hall–Kier alpha value is -3.41. The maximum absolute atomic E-state index is 13.8. The first kappa shape index (κ1) is 21.3. The Kier molecular flexibility index (Phi) is 5.53. The lowest BCUT2D eigenvalue weighted by Crippen LogP contribution is -2.56. The van der Waals surface area contributed by atoms with E-state index in [2.05, 4.69) is 11.9 Å². The van der Waals surface area contributed by atoms with Gasteiger partial charge in [0.2, 0.25) is 0 Å². The summed E-state index contributed by atoms with van der Waals surface area (Å²) < 4.78 is 5.40. The van der Waals surface area contributed by atoms with Crippen LogP contribution >= 0.6 is 0 Å². The molecule has 0 radical (unpaired) electrons. The molecule has 6 heteroatoms. The lowest BCUT2D eigenvalue weighted by atomic mass is 9.82. The minimum atomic E-state index is -1.72. The van der Waals surface area contributed by atoms with Crippen LogP contribution in [0.5, 0.6) is 0 Å². The Bertz CT molecular complexity index is 1010. The largest absolute Gasteiger partial charge is 0.444 e. The fraction of sp³-hybridized carbons (Fsp3) is 0.292. The Morgan fingerprint density at radius 1 is 1.07 bits per heavy atom. The summed E-state index contributed by atoms with van der Waals surface area (Å²) in [6.07, 6.45) is -0.797. The zero-order chi connectivity index (χ0) is 22.1. The number of carbonyl (C=O) groups excluding carboxylic acids is 3. The third-order valence-electron chi connectivity index (χ3n) is 4.91. The van der Waals surface area contributed by atoms with Gasteiger partial charge < -0.3 is 9.64 Å². The summed E-state index contributed by atoms with van der Waals surface area (Å²) in [6.45, 7) is 10.7. The second kappa shape index (κ2) is 7.78. The van der Waals surface area contributed by atoms with Crippen LogP contribution in [0.4, 0.5) is 10.5 Å². The summed E-state index contributed by atoms with van der Waals surface area (Å²) in [4.78, 5) is 40.4. The van der Waals surface area contributed by atoms with E-state index in [1.807, 2.05) is 36.4 Å². The summed E-state index contributed by atoms with van der Waals surface area (Å²) in [7, 11) is 0. The molecule has 0 fully saturated rings. The minimum Gasteiger partial charge on any atom is -0.444 e. The molecule has 2 amide bonds. The number of amides is 2. The van der Waals surface area contributed by atoms with E-state index in [1.54, 1.807) is 43.9 Å². The predicted molar refractivity (Wildman–Crippen MR) is 115 cm³/mol. The number of para-hydroxylation sites is 1. The van der Waals surface area contributed by atoms with Gasteiger partial charge in [0.05, 0.1) is 12.2 Å². The number of carbonyl (C=O) groups is 3. The highest BCUT2D eigenvalue weighted by Crippen LogP contribution is 2.45. The van der Waals surface area contributed by atoms with Crippen molar-refractivity contribution in [2.45, 2.75) is 45.4 Å². The quantitative estimate of drug-likeness (QED) is 0.759. The molecule has 1 aliphatic rings. The topological polar surface area (TPSA) is 75.7 Å². The molecule has 0 saturated heterocycles. The summed E-state index contributed by atoms with van der Waals surface area (Å²) in [6, 6.07) is 16.6. The van der Waals surface area contributed by atoms with Crippen LogP contribution in [0.1, 0.15) is 38.8 Å². The first-order valence-corrected chi connectivity index (χ1v) is 9.73. The van der Waals surface area contributed by atoms with E-state index in [0.29, 0.717) is 17.8 Å². The number of rotatable bonds is 5. The van der Waals surface area contributed by atoms with Gasteiger partial charge in [0.25, 0.3) is 5.91 Å². The maximum Gasteiger partial charge on any atom is 0.409 e. The van der Waals surface area contributed by atoms with Crippen LogP contribution in [-0.2, 0) is 26.4 Å². The number of anilines is 1. The fourth-order valence-electron chi connectivity index (χ4n) is 3.58. The number of ketones is 1. The third-order valence-corrected chi connectivity index (χ3v) is 4.91. The summed E-state index contributed by atoms with van der Waals surface area (Å²) in [5.41, 5.74) is -0.474. The van der Waals surface area contributed by atoms with E-state index in [4.69, 9.17) is 4.74 Å². The molecular weight excluding hydrogens is 380 g/mol. The smallest absolute Gasteiger partial charge is 0.409 e. The molecule has 0 spiro atoms. The molecule has 0 aromatic heterocycles. The van der Waals surface area contributed by atoms with E-state index in [0.717, 1.165) is 5.56 Å². The highest BCUT2D eigenvalue weighted by Gasteiger charge is 2.55. The van der Waals surface area contributed by atoms with E-state index in [1.165, 1.54) is 6.92 Å². The van der Waals surface area contributed by atoms with Crippen molar-refractivity contribution in [3.8, 4) is 0 Å². The van der Waals surface area contributed by atoms with Crippen molar-refractivity contribution in [1.29, 1.82) is 0 Å². The molecule has 1 N–H and O–H groups in total. The lowest BCUT2D eigenvalue weighted by molar-refractivity contribution is -0.125. The van der Waals surface area contributed by atoms with Gasteiger partial charge in [0.15, 0.2) is 11.3 Å². The molecule has 1 aliphatic heterocycles. The number of fused-ring (bicyclic) bond motifs is 1. The second-order valence-corrected chi connectivity index (χ2v) is 8.31. The lowest BCUT2D eigenvalue weighted by Gasteiger charge is -2.32. The second-order valence-electron chi connectivity index (χ2n) is 8.31. The maximum atomic E-state index is 13.8. The molecule has 2 aromatic rings. The zero-order valence-electron chi connectivity index (χ0n) is 17.7. The van der Waals surface area contributed by atoms with Crippen molar-refractivity contribution in [1.82, 2.24) is 5.32 Å². The van der Waals surface area contributed by atoms with Crippen LogP contribution in [0.3, 0.4) is 0 Å². The molecule has 3 rings (SSSR count). The average molecular weight is 406 g/mol. The van der Waals surface area contributed by atoms with Crippen LogP contribution in [0.2, 0.25) is 0 Å². The Balaban J connectivity index is 2.11. The van der Waals surface area contributed by atoms with Crippen molar-refractivity contribution in [3.05, 3.63) is 77.9 Å². The average Bonchev–Trinajstić information content (AvgIpc) is 2.90. The number of Topliss-reactive ketones (excluding diaryl/α,β-unsaturated/α-hetero) is 1. The number of benzene rings is 2. The molecule has 30 heavy (non-hydrogen) atoms. The molecule has 0 aliphatic carbocycles. The molecule has 1 atom stereocenters. The van der Waals surface area contributed by atoms with Crippen molar-refractivity contribution < 1.29 is 19.1 Å². The van der Waals surface area contributed by atoms with Gasteiger partial charge in [0.1, 0.15) is 5.60 Å². The van der Waals surface area contributed by atoms with Crippen molar-refractivity contribution >= 4 is 23.5 Å². The van der Waals surface area contributed by atoms with Gasteiger partial charge in [-0.1, -0.05) is 55.1 Å². The van der Waals surface area contributed by atoms with Crippen LogP contribution in [0, 0.1) is 0 Å². The molecule has 0 unspecified atom stereocenters. The highest BCUT2D eigenvalue weighted by molar-refractivity contribution is 6.16. The van der Waals surface area contributed by atoms with Crippen LogP contribution in [0.25, 0.3) is 0 Å². The number of ether oxygens (including phenoxy) is 1. The monoisotopic (exact) mass is 406 g/mol. The van der Waals surface area contributed by atoms with Crippen LogP contribution in [-0.4, -0.2) is 23.4 Å². The molecule has 0 bridgehead atoms. The SMILES string of the molecule is C=C(C(C)=O)[C@@]1(NC(=O)OC(C)(C)C)C(=O)N(Cc2ccccc2)c2ccccc21. The standard InChI is InChI=1S/C24H26N2O4/c1-16(17(2)27)24(25-22(29)30-23(3,4)5)19-13-9-10-14-20(19)26(21(24)28)15-18-11-7-6-8-12-18/h6-14H,1,15H2,2-5H3,(H,25,29)/t24-/m0/s1. The predicted octanol–water partition coefficient (Wildman–Crippen LogP) is 4.10. The van der Waals surface area contributed by atoms with Crippen molar-refractivity contribution in [3.63, 3.8) is 0 Å². The van der Waals surface area contributed by atoms with Gasteiger partial charge in [-0.15, -0.1) is 0 Å². The van der Waals surface area contributed by atoms with Crippen molar-refractivity contribution in [2.75, 3.05) is 4.90 Å². The first-order chi connectivity index (χ1) is 14.1. The number of hydrogen-bond donors (Lipinski definition) is 1. The summed E-state index contributed by atoms with van der Waals surface area (Å²) in [5.74, 6) is -0.839. The normalized spacial score (nSPS) is 18.0. The number of nitrogens with one attached hydrogen (secondary N) is 1. The number of nitrogens with zero attached hydrogens (tertiary/aromatic N) is 1. The molecule has 156 valence electrons. The van der Waals surface area contributed by atoms with E-state index >= 15 is 0 Å². The molecule has 1 heterocycles. The number of alkyl carbamates (subject to hydrolysis) is 1. The molecule has 0 saturated carbocycles. The minimum absolute atomic E-state index is 0.0126. The van der Waals surface area contributed by atoms with Gasteiger partial charge in [-0.05, 0) is 39.3 Å². The van der Waals surface area contributed by atoms with Gasteiger partial charge in [-0.3, -0.25) is 14.9 Å². The van der Waals surface area contributed by atoms with E-state index in [-0.39, 0.29) is 5.57 Å². The Morgan fingerprint density at radius 2 is 1.67 bits per heavy atom. The van der Waals surface area contributed by atoms with E-state index < -0.39 is 28.9 Å². The Morgan fingerprint density at radius 3 is 2.27 bits per heavy atom. The molecular formula is C24H26N2O4. The Labute approximate surface area is 176 Å². The zero-order valence-corrected chi connectivity index (χ0v) is 17.7. The third kappa shape index (κ3) is 3.85. The van der Waals surface area contributed by atoms with Gasteiger partial charge >= 0.3 is 6.09 Å². The number of hydrogen-bond acceptors (Lipinski definition) is 4. The fourth-order valence-corrected chi connectivity index (χ4v) is 3.58. The van der Waals surface area contributed by atoms with Crippen LogP contribution < -0.4 is 10.2 Å². The van der Waals surface area contributed by atoms with Gasteiger partial charge in [-0.25, -0.2) is 4.79 Å². The highest BCUT2D eigenvalue weighted by atomic mass is 16.6.